The minimum atomic E-state index is 0.701. The van der Waals surface area contributed by atoms with Crippen LogP contribution in [0.5, 0.6) is 0 Å². The van der Waals surface area contributed by atoms with Gasteiger partial charge in [0.15, 0.2) is 0 Å². The van der Waals surface area contributed by atoms with E-state index in [0.29, 0.717) is 5.41 Å². The molecular formula is C17H29N. The first-order valence-corrected chi connectivity index (χ1v) is 8.38. The van der Waals surface area contributed by atoms with E-state index in [-0.39, 0.29) is 0 Å². The van der Waals surface area contributed by atoms with Gasteiger partial charge in [-0.3, -0.25) is 0 Å². The van der Waals surface area contributed by atoms with E-state index in [1.807, 2.05) is 0 Å². The fourth-order valence-corrected chi connectivity index (χ4v) is 5.94. The van der Waals surface area contributed by atoms with Gasteiger partial charge >= 0.3 is 0 Å². The zero-order valence-electron chi connectivity index (χ0n) is 12.1. The molecule has 0 saturated heterocycles. The summed E-state index contributed by atoms with van der Waals surface area (Å²) in [5.74, 6) is 5.29. The highest BCUT2D eigenvalue weighted by Gasteiger charge is 2.53. The maximum absolute atomic E-state index is 3.93. The molecule has 102 valence electrons. The second-order valence-electron chi connectivity index (χ2n) is 8.38. The van der Waals surface area contributed by atoms with E-state index in [1.165, 1.54) is 13.0 Å². The fraction of sp³-hybridized carbons (Fsp3) is 1.00. The second kappa shape index (κ2) is 3.98. The predicted molar refractivity (Wildman–Crippen MR) is 75.3 cm³/mol. The maximum atomic E-state index is 3.93. The number of hydrogen-bond acceptors (Lipinski definition) is 1. The average molecular weight is 247 g/mol. The van der Waals surface area contributed by atoms with Crippen molar-refractivity contribution in [3.8, 4) is 0 Å². The molecule has 5 aliphatic carbocycles. The molecule has 18 heavy (non-hydrogen) atoms. The smallest absolute Gasteiger partial charge is 0.00956 e. The van der Waals surface area contributed by atoms with Crippen molar-refractivity contribution < 1.29 is 0 Å². The van der Waals surface area contributed by atoms with E-state index in [2.05, 4.69) is 19.2 Å². The summed E-state index contributed by atoms with van der Waals surface area (Å²) in [4.78, 5) is 0. The lowest BCUT2D eigenvalue weighted by molar-refractivity contribution is -0.0704. The van der Waals surface area contributed by atoms with Crippen LogP contribution in [-0.4, -0.2) is 12.6 Å². The van der Waals surface area contributed by atoms with Gasteiger partial charge in [-0.05, 0) is 93.4 Å². The van der Waals surface area contributed by atoms with Crippen LogP contribution in [0, 0.1) is 35.0 Å². The lowest BCUT2D eigenvalue weighted by Gasteiger charge is -2.59. The van der Waals surface area contributed by atoms with Gasteiger partial charge in [-0.15, -0.1) is 0 Å². The van der Waals surface area contributed by atoms with Crippen LogP contribution in [0.1, 0.15) is 58.8 Å². The minimum absolute atomic E-state index is 0.701. The van der Waals surface area contributed by atoms with Crippen molar-refractivity contribution in [2.75, 3.05) is 6.54 Å². The Kier molecular flexibility index (Phi) is 2.60. The zero-order valence-corrected chi connectivity index (χ0v) is 12.1. The van der Waals surface area contributed by atoms with Gasteiger partial charge in [0.1, 0.15) is 0 Å². The molecule has 0 radical (unpaired) electrons. The third-order valence-electron chi connectivity index (χ3n) is 6.97. The van der Waals surface area contributed by atoms with Crippen LogP contribution in [0.25, 0.3) is 0 Å². The highest BCUT2D eigenvalue weighted by atomic mass is 14.9. The quantitative estimate of drug-likeness (QED) is 0.796. The predicted octanol–water partition coefficient (Wildman–Crippen LogP) is 3.84. The van der Waals surface area contributed by atoms with Crippen LogP contribution < -0.4 is 5.32 Å². The number of rotatable bonds is 4. The first kappa shape index (κ1) is 11.8. The van der Waals surface area contributed by atoms with Gasteiger partial charge in [-0.1, -0.05) is 6.92 Å². The Hall–Kier alpha value is -0.0400. The van der Waals surface area contributed by atoms with Crippen molar-refractivity contribution in [1.82, 2.24) is 5.32 Å². The largest absolute Gasteiger partial charge is 0.313 e. The molecule has 4 bridgehead atoms. The third kappa shape index (κ3) is 1.85. The van der Waals surface area contributed by atoms with Gasteiger partial charge in [0.05, 0.1) is 0 Å². The molecule has 0 heterocycles. The zero-order chi connectivity index (χ0) is 12.3. The Morgan fingerprint density at radius 1 is 1.00 bits per heavy atom. The van der Waals surface area contributed by atoms with Crippen LogP contribution in [0.4, 0.5) is 0 Å². The molecule has 5 saturated carbocycles. The molecule has 3 atom stereocenters. The van der Waals surface area contributed by atoms with Gasteiger partial charge in [-0.2, -0.15) is 0 Å². The van der Waals surface area contributed by atoms with Crippen LogP contribution in [0.2, 0.25) is 0 Å². The summed E-state index contributed by atoms with van der Waals surface area (Å²) in [5, 5.41) is 3.93. The Morgan fingerprint density at radius 3 is 1.94 bits per heavy atom. The Labute approximate surface area is 112 Å². The van der Waals surface area contributed by atoms with Crippen molar-refractivity contribution in [2.24, 2.45) is 35.0 Å². The summed E-state index contributed by atoms with van der Waals surface area (Å²) < 4.78 is 0. The van der Waals surface area contributed by atoms with E-state index in [9.17, 15) is 0 Å². The number of nitrogens with one attached hydrogen (secondary N) is 1. The summed E-state index contributed by atoms with van der Waals surface area (Å²) in [5.41, 5.74) is 0.701. The average Bonchev–Trinajstić information content (AvgIpc) is 3.00. The highest BCUT2D eigenvalue weighted by molar-refractivity contribution is 5.05. The molecule has 0 aromatic heterocycles. The van der Waals surface area contributed by atoms with Crippen molar-refractivity contribution in [3.63, 3.8) is 0 Å². The lowest BCUT2D eigenvalue weighted by Crippen LogP contribution is -2.55. The van der Waals surface area contributed by atoms with Crippen molar-refractivity contribution in [2.45, 2.75) is 64.8 Å². The van der Waals surface area contributed by atoms with E-state index in [0.717, 1.165) is 35.6 Å². The first-order valence-electron chi connectivity index (χ1n) is 8.38. The third-order valence-corrected chi connectivity index (χ3v) is 6.97. The Morgan fingerprint density at radius 2 is 1.50 bits per heavy atom. The van der Waals surface area contributed by atoms with Crippen LogP contribution in [0.15, 0.2) is 0 Å². The van der Waals surface area contributed by atoms with Gasteiger partial charge < -0.3 is 5.32 Å². The Bertz CT molecular complexity index is 299. The van der Waals surface area contributed by atoms with Crippen molar-refractivity contribution in [1.29, 1.82) is 0 Å². The molecule has 1 heteroatoms. The lowest BCUT2D eigenvalue weighted by atomic mass is 9.48. The summed E-state index contributed by atoms with van der Waals surface area (Å²) in [7, 11) is 0. The van der Waals surface area contributed by atoms with Gasteiger partial charge in [0.2, 0.25) is 0 Å². The number of hydrogen-bond donors (Lipinski definition) is 1. The van der Waals surface area contributed by atoms with Crippen molar-refractivity contribution in [3.05, 3.63) is 0 Å². The summed E-state index contributed by atoms with van der Waals surface area (Å²) in [6, 6.07) is 0.777. The molecule has 1 N–H and O–H groups in total. The van der Waals surface area contributed by atoms with Gasteiger partial charge in [-0.25, -0.2) is 0 Å². The maximum Gasteiger partial charge on any atom is 0.00956 e. The van der Waals surface area contributed by atoms with Crippen LogP contribution in [0.3, 0.4) is 0 Å². The Balaban J connectivity index is 1.42. The summed E-state index contributed by atoms with van der Waals surface area (Å²) >= 11 is 0. The molecule has 5 rings (SSSR count). The van der Waals surface area contributed by atoms with Crippen LogP contribution in [-0.2, 0) is 0 Å². The van der Waals surface area contributed by atoms with Crippen LogP contribution >= 0.6 is 0 Å². The topological polar surface area (TPSA) is 12.0 Å². The summed E-state index contributed by atoms with van der Waals surface area (Å²) in [6.45, 7) is 6.20. The standard InChI is InChI=1S/C17H29N/c1-11-3-16(11)10-18-12(2)17-7-13-4-14(8-17)6-15(5-13)9-17/h11-16,18H,3-10H2,1-2H3. The first-order chi connectivity index (χ1) is 8.64. The molecule has 0 spiro atoms. The highest BCUT2D eigenvalue weighted by Crippen LogP contribution is 2.61. The minimum Gasteiger partial charge on any atom is -0.313 e. The van der Waals surface area contributed by atoms with E-state index >= 15 is 0 Å². The molecule has 5 aliphatic rings. The summed E-state index contributed by atoms with van der Waals surface area (Å²) in [6.07, 6.45) is 10.8. The van der Waals surface area contributed by atoms with E-state index in [1.54, 1.807) is 38.5 Å². The van der Waals surface area contributed by atoms with E-state index < -0.39 is 0 Å². The SMILES string of the molecule is CC1CC1CNC(C)C12CC3CC(CC(C3)C1)C2. The van der Waals surface area contributed by atoms with E-state index in [4.69, 9.17) is 0 Å². The molecule has 0 aliphatic heterocycles. The molecule has 5 fully saturated rings. The second-order valence-corrected chi connectivity index (χ2v) is 8.38. The van der Waals surface area contributed by atoms with Crippen molar-refractivity contribution >= 4 is 0 Å². The molecule has 0 amide bonds. The molecule has 3 unspecified atom stereocenters. The normalized spacial score (nSPS) is 54.7. The molecule has 1 nitrogen and oxygen atoms in total. The van der Waals surface area contributed by atoms with Gasteiger partial charge in [0.25, 0.3) is 0 Å². The monoisotopic (exact) mass is 247 g/mol. The fourth-order valence-electron chi connectivity index (χ4n) is 5.94. The van der Waals surface area contributed by atoms with Gasteiger partial charge in [0, 0.05) is 6.04 Å². The molecular weight excluding hydrogens is 218 g/mol. The molecule has 0 aromatic carbocycles. The molecule has 0 aromatic rings.